The predicted octanol–water partition coefficient (Wildman–Crippen LogP) is 1.49. The van der Waals surface area contributed by atoms with Gasteiger partial charge >= 0.3 is 0 Å². The summed E-state index contributed by atoms with van der Waals surface area (Å²) in [6.07, 6.45) is 0. The molecule has 3 nitrogen and oxygen atoms in total. The van der Waals surface area contributed by atoms with Gasteiger partial charge in [0, 0.05) is 12.7 Å². The highest BCUT2D eigenvalue weighted by Crippen LogP contribution is 2.17. The number of hydrogen-bond acceptors (Lipinski definition) is 2. The zero-order valence-corrected chi connectivity index (χ0v) is 9.79. The summed E-state index contributed by atoms with van der Waals surface area (Å²) < 4.78 is 0. The Labute approximate surface area is 91.1 Å². The van der Waals surface area contributed by atoms with Crippen LogP contribution in [0.2, 0.25) is 0 Å². The maximum absolute atomic E-state index is 11.6. The van der Waals surface area contributed by atoms with E-state index in [1.807, 2.05) is 18.2 Å². The number of amides is 1. The van der Waals surface area contributed by atoms with Crippen LogP contribution in [0, 0.1) is 13.8 Å². The van der Waals surface area contributed by atoms with Gasteiger partial charge in [-0.15, -0.1) is 0 Å². The summed E-state index contributed by atoms with van der Waals surface area (Å²) in [4.78, 5) is 13.3. The molecule has 1 N–H and O–H groups in total. The lowest BCUT2D eigenvalue weighted by Crippen LogP contribution is -2.34. The predicted molar refractivity (Wildman–Crippen MR) is 63.3 cm³/mol. The third-order valence-corrected chi connectivity index (χ3v) is 2.58. The number of hydrogen-bond donors (Lipinski definition) is 1. The number of benzene rings is 1. The van der Waals surface area contributed by atoms with E-state index in [-0.39, 0.29) is 5.91 Å². The van der Waals surface area contributed by atoms with Gasteiger partial charge in [0.2, 0.25) is 5.91 Å². The minimum Gasteiger partial charge on any atom is -0.314 e. The first kappa shape index (κ1) is 11.7. The van der Waals surface area contributed by atoms with Crippen molar-refractivity contribution in [3.8, 4) is 0 Å². The van der Waals surface area contributed by atoms with Gasteiger partial charge in [-0.2, -0.15) is 0 Å². The Bertz CT molecular complexity index is 361. The molecule has 0 unspecified atom stereocenters. The number of rotatable bonds is 3. The van der Waals surface area contributed by atoms with Gasteiger partial charge < -0.3 is 10.2 Å². The molecule has 0 spiro atoms. The van der Waals surface area contributed by atoms with E-state index in [4.69, 9.17) is 0 Å². The summed E-state index contributed by atoms with van der Waals surface area (Å²) in [5, 5.41) is 2.85. The summed E-state index contributed by atoms with van der Waals surface area (Å²) in [5.74, 6) is 0.0701. The Morgan fingerprint density at radius 2 is 2.00 bits per heavy atom. The molecular formula is C12H18N2O. The van der Waals surface area contributed by atoms with Crippen LogP contribution in [-0.2, 0) is 4.79 Å². The largest absolute Gasteiger partial charge is 0.314 e. The fraction of sp³-hybridized carbons (Fsp3) is 0.417. The van der Waals surface area contributed by atoms with Crippen molar-refractivity contribution >= 4 is 11.6 Å². The Morgan fingerprint density at radius 3 is 2.53 bits per heavy atom. The second-order valence-corrected chi connectivity index (χ2v) is 3.75. The van der Waals surface area contributed by atoms with E-state index in [9.17, 15) is 4.79 Å². The Hall–Kier alpha value is -1.35. The van der Waals surface area contributed by atoms with Crippen LogP contribution < -0.4 is 10.2 Å². The van der Waals surface area contributed by atoms with Gasteiger partial charge in [-0.05, 0) is 44.2 Å². The summed E-state index contributed by atoms with van der Waals surface area (Å²) in [7, 11) is 3.57. The average Bonchev–Trinajstić information content (AvgIpc) is 2.21. The van der Waals surface area contributed by atoms with E-state index >= 15 is 0 Å². The molecule has 0 saturated carbocycles. The van der Waals surface area contributed by atoms with Crippen LogP contribution >= 0.6 is 0 Å². The van der Waals surface area contributed by atoms with Crippen molar-refractivity contribution in [3.05, 3.63) is 29.3 Å². The van der Waals surface area contributed by atoms with Gasteiger partial charge in [-0.1, -0.05) is 6.07 Å². The number of aryl methyl sites for hydroxylation is 2. The third-order valence-electron chi connectivity index (χ3n) is 2.58. The van der Waals surface area contributed by atoms with Crippen LogP contribution in [0.15, 0.2) is 18.2 Å². The molecule has 3 heteroatoms. The molecule has 0 atom stereocenters. The lowest BCUT2D eigenvalue weighted by atomic mass is 10.1. The number of nitrogens with zero attached hydrogens (tertiary/aromatic N) is 1. The number of nitrogens with one attached hydrogen (secondary N) is 1. The Morgan fingerprint density at radius 1 is 1.33 bits per heavy atom. The molecule has 15 heavy (non-hydrogen) atoms. The topological polar surface area (TPSA) is 32.3 Å². The normalized spacial score (nSPS) is 10.1. The summed E-state index contributed by atoms with van der Waals surface area (Å²) in [6, 6.07) is 6.03. The highest BCUT2D eigenvalue weighted by Gasteiger charge is 2.09. The third kappa shape index (κ3) is 2.80. The van der Waals surface area contributed by atoms with Gasteiger partial charge in [-0.25, -0.2) is 0 Å². The minimum atomic E-state index is 0.0701. The van der Waals surface area contributed by atoms with Crippen LogP contribution in [-0.4, -0.2) is 26.5 Å². The average molecular weight is 206 g/mol. The van der Waals surface area contributed by atoms with Crippen molar-refractivity contribution in [1.29, 1.82) is 0 Å². The standard InChI is InChI=1S/C12H18N2O/c1-9-5-6-11(7-10(9)2)14(4)12(15)8-13-3/h5-7,13H,8H2,1-4H3. The quantitative estimate of drug-likeness (QED) is 0.812. The van der Waals surface area contributed by atoms with Crippen LogP contribution in [0.1, 0.15) is 11.1 Å². The van der Waals surface area contributed by atoms with Crippen LogP contribution in [0.5, 0.6) is 0 Å². The number of carbonyl (C=O) groups is 1. The Balaban J connectivity index is 2.86. The minimum absolute atomic E-state index is 0.0701. The first-order chi connectivity index (χ1) is 7.06. The summed E-state index contributed by atoms with van der Waals surface area (Å²) in [6.45, 7) is 4.48. The number of anilines is 1. The van der Waals surface area contributed by atoms with E-state index in [2.05, 4.69) is 19.2 Å². The molecule has 0 aliphatic rings. The van der Waals surface area contributed by atoms with Gasteiger partial charge in [0.1, 0.15) is 0 Å². The molecule has 0 saturated heterocycles. The van der Waals surface area contributed by atoms with Crippen molar-refractivity contribution in [2.75, 3.05) is 25.5 Å². The summed E-state index contributed by atoms with van der Waals surface area (Å²) in [5.41, 5.74) is 3.39. The molecule has 0 bridgehead atoms. The highest BCUT2D eigenvalue weighted by atomic mass is 16.2. The second-order valence-electron chi connectivity index (χ2n) is 3.75. The fourth-order valence-electron chi connectivity index (χ4n) is 1.35. The lowest BCUT2D eigenvalue weighted by molar-refractivity contribution is -0.117. The molecule has 1 aromatic carbocycles. The van der Waals surface area contributed by atoms with E-state index in [0.717, 1.165) is 5.69 Å². The molecule has 1 amide bonds. The Kier molecular flexibility index (Phi) is 3.86. The monoisotopic (exact) mass is 206 g/mol. The van der Waals surface area contributed by atoms with E-state index in [0.29, 0.717) is 6.54 Å². The maximum atomic E-state index is 11.6. The van der Waals surface area contributed by atoms with Gasteiger partial charge in [0.25, 0.3) is 0 Å². The molecule has 82 valence electrons. The smallest absolute Gasteiger partial charge is 0.240 e. The van der Waals surface area contributed by atoms with E-state index < -0.39 is 0 Å². The van der Waals surface area contributed by atoms with Crippen LogP contribution in [0.25, 0.3) is 0 Å². The first-order valence-electron chi connectivity index (χ1n) is 5.04. The molecule has 0 aliphatic carbocycles. The molecule has 0 radical (unpaired) electrons. The fourth-order valence-corrected chi connectivity index (χ4v) is 1.35. The highest BCUT2D eigenvalue weighted by molar-refractivity contribution is 5.94. The summed E-state index contributed by atoms with van der Waals surface area (Å²) >= 11 is 0. The van der Waals surface area contributed by atoms with Crippen molar-refractivity contribution in [3.63, 3.8) is 0 Å². The van der Waals surface area contributed by atoms with Crippen molar-refractivity contribution in [2.24, 2.45) is 0 Å². The molecule has 0 heterocycles. The molecule has 1 aromatic rings. The van der Waals surface area contributed by atoms with E-state index in [1.165, 1.54) is 11.1 Å². The number of carbonyl (C=O) groups excluding carboxylic acids is 1. The zero-order valence-electron chi connectivity index (χ0n) is 9.79. The van der Waals surface area contributed by atoms with Crippen LogP contribution in [0.4, 0.5) is 5.69 Å². The van der Waals surface area contributed by atoms with Gasteiger partial charge in [0.15, 0.2) is 0 Å². The lowest BCUT2D eigenvalue weighted by Gasteiger charge is -2.18. The van der Waals surface area contributed by atoms with Gasteiger partial charge in [0.05, 0.1) is 6.54 Å². The SMILES string of the molecule is CNCC(=O)N(C)c1ccc(C)c(C)c1. The van der Waals surface area contributed by atoms with Crippen molar-refractivity contribution in [2.45, 2.75) is 13.8 Å². The van der Waals surface area contributed by atoms with Crippen molar-refractivity contribution in [1.82, 2.24) is 5.32 Å². The van der Waals surface area contributed by atoms with Gasteiger partial charge in [-0.3, -0.25) is 4.79 Å². The molecule has 0 aromatic heterocycles. The molecule has 0 fully saturated rings. The second kappa shape index (κ2) is 4.94. The maximum Gasteiger partial charge on any atom is 0.240 e. The molecular weight excluding hydrogens is 188 g/mol. The van der Waals surface area contributed by atoms with E-state index in [1.54, 1.807) is 19.0 Å². The van der Waals surface area contributed by atoms with Crippen molar-refractivity contribution < 1.29 is 4.79 Å². The zero-order chi connectivity index (χ0) is 11.4. The first-order valence-corrected chi connectivity index (χ1v) is 5.04. The molecule has 1 rings (SSSR count). The molecule has 0 aliphatic heterocycles. The van der Waals surface area contributed by atoms with Crippen LogP contribution in [0.3, 0.4) is 0 Å². The number of likely N-dealkylation sites (N-methyl/N-ethyl adjacent to an activating group) is 2.